The van der Waals surface area contributed by atoms with Crippen LogP contribution in [0.3, 0.4) is 0 Å². The maximum Gasteiger partial charge on any atom is 0.246 e. The van der Waals surface area contributed by atoms with Gasteiger partial charge in [0.1, 0.15) is 11.8 Å². The van der Waals surface area contributed by atoms with Gasteiger partial charge in [0.15, 0.2) is 0 Å². The SMILES string of the molecule is COc1ccc(C)cc1NC(=O)C(C)NC(=O)C(C)(C)C. The summed E-state index contributed by atoms with van der Waals surface area (Å²) in [5, 5.41) is 5.48. The van der Waals surface area contributed by atoms with Gasteiger partial charge >= 0.3 is 0 Å². The first-order valence-electron chi connectivity index (χ1n) is 6.91. The fraction of sp³-hybridized carbons (Fsp3) is 0.500. The largest absolute Gasteiger partial charge is 0.495 e. The molecule has 5 heteroatoms. The van der Waals surface area contributed by atoms with Crippen LogP contribution in [0.5, 0.6) is 5.75 Å². The number of hydrogen-bond donors (Lipinski definition) is 2. The molecule has 2 amide bonds. The van der Waals surface area contributed by atoms with Gasteiger partial charge < -0.3 is 15.4 Å². The first-order chi connectivity index (χ1) is 9.65. The summed E-state index contributed by atoms with van der Waals surface area (Å²) in [4.78, 5) is 24.1. The monoisotopic (exact) mass is 292 g/mol. The van der Waals surface area contributed by atoms with Gasteiger partial charge in [-0.05, 0) is 31.5 Å². The van der Waals surface area contributed by atoms with E-state index >= 15 is 0 Å². The Morgan fingerprint density at radius 1 is 1.24 bits per heavy atom. The van der Waals surface area contributed by atoms with Gasteiger partial charge in [0.2, 0.25) is 11.8 Å². The molecule has 0 fully saturated rings. The molecule has 21 heavy (non-hydrogen) atoms. The molecule has 116 valence electrons. The number of hydrogen-bond acceptors (Lipinski definition) is 3. The van der Waals surface area contributed by atoms with E-state index in [2.05, 4.69) is 10.6 Å². The number of anilines is 1. The van der Waals surface area contributed by atoms with Gasteiger partial charge in [-0.1, -0.05) is 26.8 Å². The normalized spacial score (nSPS) is 12.5. The summed E-state index contributed by atoms with van der Waals surface area (Å²) in [5.41, 5.74) is 1.08. The molecule has 0 bridgehead atoms. The first-order valence-corrected chi connectivity index (χ1v) is 6.91. The molecule has 2 N–H and O–H groups in total. The molecule has 1 atom stereocenters. The highest BCUT2D eigenvalue weighted by Gasteiger charge is 2.25. The van der Waals surface area contributed by atoms with Crippen LogP contribution in [-0.4, -0.2) is 25.0 Å². The summed E-state index contributed by atoms with van der Waals surface area (Å²) < 4.78 is 5.21. The van der Waals surface area contributed by atoms with E-state index in [1.807, 2.05) is 19.1 Å². The minimum Gasteiger partial charge on any atom is -0.495 e. The van der Waals surface area contributed by atoms with E-state index in [1.54, 1.807) is 40.9 Å². The Kier molecular flexibility index (Phi) is 5.35. The Balaban J connectivity index is 2.77. The van der Waals surface area contributed by atoms with E-state index < -0.39 is 11.5 Å². The second kappa shape index (κ2) is 6.61. The molecule has 0 aromatic heterocycles. The van der Waals surface area contributed by atoms with Crippen molar-refractivity contribution in [3.05, 3.63) is 23.8 Å². The lowest BCUT2D eigenvalue weighted by molar-refractivity contribution is -0.131. The lowest BCUT2D eigenvalue weighted by Gasteiger charge is -2.21. The fourth-order valence-corrected chi connectivity index (χ4v) is 1.64. The highest BCUT2D eigenvalue weighted by Crippen LogP contribution is 2.25. The predicted molar refractivity (Wildman–Crippen MR) is 83.4 cm³/mol. The molecule has 0 saturated carbocycles. The lowest BCUT2D eigenvalue weighted by Crippen LogP contribution is -2.46. The van der Waals surface area contributed by atoms with Crippen molar-refractivity contribution in [2.75, 3.05) is 12.4 Å². The third kappa shape index (κ3) is 4.77. The molecular formula is C16H24N2O3. The molecule has 0 saturated heterocycles. The third-order valence-electron chi connectivity index (χ3n) is 3.03. The molecule has 0 aliphatic carbocycles. The van der Waals surface area contributed by atoms with Crippen molar-refractivity contribution < 1.29 is 14.3 Å². The van der Waals surface area contributed by atoms with Crippen LogP contribution in [0.2, 0.25) is 0 Å². The highest BCUT2D eigenvalue weighted by molar-refractivity contribution is 5.98. The van der Waals surface area contributed by atoms with E-state index in [1.165, 1.54) is 0 Å². The number of methoxy groups -OCH3 is 1. The van der Waals surface area contributed by atoms with Gasteiger partial charge in [-0.25, -0.2) is 0 Å². The van der Waals surface area contributed by atoms with Crippen LogP contribution in [0.1, 0.15) is 33.3 Å². The smallest absolute Gasteiger partial charge is 0.246 e. The average molecular weight is 292 g/mol. The number of rotatable bonds is 4. The number of ether oxygens (including phenoxy) is 1. The van der Waals surface area contributed by atoms with Crippen LogP contribution in [0.15, 0.2) is 18.2 Å². The van der Waals surface area contributed by atoms with Crippen molar-refractivity contribution in [3.8, 4) is 5.75 Å². The number of amides is 2. The summed E-state index contributed by atoms with van der Waals surface area (Å²) in [7, 11) is 1.55. The Bertz CT molecular complexity index is 533. The number of nitrogens with one attached hydrogen (secondary N) is 2. The number of aryl methyl sites for hydroxylation is 1. The van der Waals surface area contributed by atoms with Crippen molar-refractivity contribution in [1.82, 2.24) is 5.32 Å². The van der Waals surface area contributed by atoms with Crippen molar-refractivity contribution >= 4 is 17.5 Å². The zero-order valence-corrected chi connectivity index (χ0v) is 13.5. The summed E-state index contributed by atoms with van der Waals surface area (Å²) in [6, 6.07) is 4.90. The molecule has 5 nitrogen and oxygen atoms in total. The summed E-state index contributed by atoms with van der Waals surface area (Å²) in [5.74, 6) is 0.140. The minimum absolute atomic E-state index is 0.165. The van der Waals surface area contributed by atoms with Crippen LogP contribution < -0.4 is 15.4 Å². The average Bonchev–Trinajstić information content (AvgIpc) is 2.37. The zero-order chi connectivity index (χ0) is 16.2. The molecule has 1 aromatic rings. The molecule has 1 aromatic carbocycles. The minimum atomic E-state index is -0.623. The summed E-state index contributed by atoms with van der Waals surface area (Å²) in [6.45, 7) is 8.99. The van der Waals surface area contributed by atoms with Gasteiger partial charge in [0.25, 0.3) is 0 Å². The molecule has 0 radical (unpaired) electrons. The Morgan fingerprint density at radius 2 is 1.86 bits per heavy atom. The van der Waals surface area contributed by atoms with Crippen molar-refractivity contribution in [3.63, 3.8) is 0 Å². The topological polar surface area (TPSA) is 67.4 Å². The van der Waals surface area contributed by atoms with Gasteiger partial charge in [0.05, 0.1) is 12.8 Å². The maximum absolute atomic E-state index is 12.2. The number of carbonyl (C=O) groups is 2. The lowest BCUT2D eigenvalue weighted by atomic mass is 9.95. The Labute approximate surface area is 126 Å². The molecular weight excluding hydrogens is 268 g/mol. The van der Waals surface area contributed by atoms with Crippen LogP contribution in [0.25, 0.3) is 0 Å². The highest BCUT2D eigenvalue weighted by atomic mass is 16.5. The second-order valence-corrected chi connectivity index (χ2v) is 6.14. The second-order valence-electron chi connectivity index (χ2n) is 6.14. The quantitative estimate of drug-likeness (QED) is 0.896. The standard InChI is InChI=1S/C16H24N2O3/c1-10-7-8-13(21-6)12(9-10)18-14(19)11(2)17-15(20)16(3,4)5/h7-9,11H,1-6H3,(H,17,20)(H,18,19). The number of carbonyl (C=O) groups excluding carboxylic acids is 2. The number of benzene rings is 1. The first kappa shape index (κ1) is 17.0. The fourth-order valence-electron chi connectivity index (χ4n) is 1.64. The summed E-state index contributed by atoms with van der Waals surface area (Å²) in [6.07, 6.45) is 0. The van der Waals surface area contributed by atoms with E-state index in [0.29, 0.717) is 11.4 Å². The molecule has 0 spiro atoms. The van der Waals surface area contributed by atoms with E-state index in [0.717, 1.165) is 5.56 Å². The van der Waals surface area contributed by atoms with Gasteiger partial charge in [-0.3, -0.25) is 9.59 Å². The summed E-state index contributed by atoms with van der Waals surface area (Å²) >= 11 is 0. The van der Waals surface area contributed by atoms with Gasteiger partial charge in [-0.2, -0.15) is 0 Å². The van der Waals surface area contributed by atoms with Crippen molar-refractivity contribution in [1.29, 1.82) is 0 Å². The Morgan fingerprint density at radius 3 is 2.38 bits per heavy atom. The van der Waals surface area contributed by atoms with Crippen molar-refractivity contribution in [2.24, 2.45) is 5.41 Å². The van der Waals surface area contributed by atoms with Crippen molar-refractivity contribution in [2.45, 2.75) is 40.7 Å². The molecule has 0 aliphatic rings. The van der Waals surface area contributed by atoms with Crippen LogP contribution in [0.4, 0.5) is 5.69 Å². The molecule has 0 aliphatic heterocycles. The predicted octanol–water partition coefficient (Wildman–Crippen LogP) is 2.49. The van der Waals surface area contributed by atoms with Gasteiger partial charge in [-0.15, -0.1) is 0 Å². The zero-order valence-electron chi connectivity index (χ0n) is 13.5. The van der Waals surface area contributed by atoms with Gasteiger partial charge in [0, 0.05) is 5.41 Å². The third-order valence-corrected chi connectivity index (χ3v) is 3.03. The van der Waals surface area contributed by atoms with Crippen LogP contribution in [0, 0.1) is 12.3 Å². The van der Waals surface area contributed by atoms with E-state index in [-0.39, 0.29) is 11.8 Å². The van der Waals surface area contributed by atoms with Crippen LogP contribution in [-0.2, 0) is 9.59 Å². The van der Waals surface area contributed by atoms with E-state index in [9.17, 15) is 9.59 Å². The molecule has 1 rings (SSSR count). The van der Waals surface area contributed by atoms with Crippen LogP contribution >= 0.6 is 0 Å². The van der Waals surface area contributed by atoms with E-state index in [4.69, 9.17) is 4.74 Å². The maximum atomic E-state index is 12.2. The Hall–Kier alpha value is -2.04. The molecule has 1 unspecified atom stereocenters. The molecule has 0 heterocycles.